The van der Waals surface area contributed by atoms with E-state index in [1.165, 1.54) is 6.08 Å². The summed E-state index contributed by atoms with van der Waals surface area (Å²) in [6, 6.07) is 33.1. The highest BCUT2D eigenvalue weighted by atomic mass is 15.6. The Labute approximate surface area is 176 Å². The SMILES string of the molecule is Cc1nn(NC(c2ccccc2)(c2ccccc2)c2ccccc2)cc1/C=C/C#N. The van der Waals surface area contributed by atoms with Crippen molar-refractivity contribution in [3.05, 3.63) is 131 Å². The number of rotatable bonds is 6. The van der Waals surface area contributed by atoms with Crippen molar-refractivity contribution in [1.29, 1.82) is 5.26 Å². The number of nitrogens with zero attached hydrogens (tertiary/aromatic N) is 3. The average molecular weight is 390 g/mol. The Morgan fingerprint density at radius 1 is 0.833 bits per heavy atom. The molecule has 1 aromatic heterocycles. The van der Waals surface area contributed by atoms with Gasteiger partial charge in [-0.25, -0.2) is 0 Å². The smallest absolute Gasteiger partial charge is 0.130 e. The Hall–Kier alpha value is -4.10. The standard InChI is InChI=1S/C26H22N4/c1-21-22(12-11-19-27)20-30(28-21)29-26(23-13-5-2-6-14-23,24-15-7-3-8-16-24)25-17-9-4-10-18-25/h2-18,20,29H,1H3/b12-11+. The molecule has 0 saturated heterocycles. The zero-order chi connectivity index (χ0) is 20.8. The van der Waals surface area contributed by atoms with Gasteiger partial charge in [-0.15, -0.1) is 0 Å². The van der Waals surface area contributed by atoms with Crippen LogP contribution in [0, 0.1) is 18.3 Å². The fourth-order valence-corrected chi connectivity index (χ4v) is 3.75. The molecule has 0 bridgehead atoms. The van der Waals surface area contributed by atoms with Gasteiger partial charge in [-0.05, 0) is 29.7 Å². The van der Waals surface area contributed by atoms with Crippen LogP contribution in [0.1, 0.15) is 27.9 Å². The summed E-state index contributed by atoms with van der Waals surface area (Å²) in [5.41, 5.74) is 8.06. The molecule has 30 heavy (non-hydrogen) atoms. The summed E-state index contributed by atoms with van der Waals surface area (Å²) >= 11 is 0. The monoisotopic (exact) mass is 390 g/mol. The molecule has 4 heteroatoms. The van der Waals surface area contributed by atoms with Gasteiger partial charge in [-0.2, -0.15) is 15.2 Å². The van der Waals surface area contributed by atoms with Crippen LogP contribution in [0.4, 0.5) is 0 Å². The highest BCUT2D eigenvalue weighted by Crippen LogP contribution is 2.37. The largest absolute Gasteiger partial charge is 0.290 e. The van der Waals surface area contributed by atoms with Crippen molar-refractivity contribution < 1.29 is 0 Å². The number of hydrogen-bond acceptors (Lipinski definition) is 3. The number of nitrogens with one attached hydrogen (secondary N) is 1. The highest BCUT2D eigenvalue weighted by Gasteiger charge is 2.37. The normalized spacial score (nSPS) is 11.3. The molecule has 0 unspecified atom stereocenters. The van der Waals surface area contributed by atoms with Gasteiger partial charge in [0.25, 0.3) is 0 Å². The van der Waals surface area contributed by atoms with Gasteiger partial charge in [-0.1, -0.05) is 91.0 Å². The topological polar surface area (TPSA) is 53.6 Å². The van der Waals surface area contributed by atoms with Crippen LogP contribution in [-0.4, -0.2) is 9.89 Å². The molecule has 0 aliphatic carbocycles. The summed E-state index contributed by atoms with van der Waals surface area (Å²) in [5.74, 6) is 0. The predicted octanol–water partition coefficient (Wildman–Crippen LogP) is 5.26. The van der Waals surface area contributed by atoms with Gasteiger partial charge in [0.15, 0.2) is 0 Å². The molecule has 146 valence electrons. The maximum absolute atomic E-state index is 8.88. The summed E-state index contributed by atoms with van der Waals surface area (Å²) < 4.78 is 0. The van der Waals surface area contributed by atoms with E-state index in [1.54, 1.807) is 10.9 Å². The number of allylic oxidation sites excluding steroid dienone is 1. The molecule has 4 aromatic rings. The lowest BCUT2D eigenvalue weighted by Gasteiger charge is -2.37. The third-order valence-electron chi connectivity index (χ3n) is 5.18. The molecule has 4 rings (SSSR count). The van der Waals surface area contributed by atoms with Gasteiger partial charge in [0, 0.05) is 11.6 Å². The predicted molar refractivity (Wildman–Crippen MR) is 120 cm³/mol. The first kappa shape index (κ1) is 19.2. The van der Waals surface area contributed by atoms with Gasteiger partial charge in [0.2, 0.25) is 0 Å². The summed E-state index contributed by atoms with van der Waals surface area (Å²) in [7, 11) is 0. The van der Waals surface area contributed by atoms with E-state index in [0.29, 0.717) is 0 Å². The van der Waals surface area contributed by atoms with Gasteiger partial charge in [0.05, 0.1) is 18.0 Å². The van der Waals surface area contributed by atoms with Crippen LogP contribution in [0.25, 0.3) is 6.08 Å². The molecule has 0 aliphatic heterocycles. The molecule has 1 heterocycles. The van der Waals surface area contributed by atoms with Gasteiger partial charge < -0.3 is 0 Å². The Morgan fingerprint density at radius 3 is 1.73 bits per heavy atom. The van der Waals surface area contributed by atoms with E-state index < -0.39 is 5.54 Å². The van der Waals surface area contributed by atoms with E-state index >= 15 is 0 Å². The second kappa shape index (κ2) is 8.50. The molecule has 0 atom stereocenters. The van der Waals surface area contributed by atoms with Crippen LogP contribution in [0.2, 0.25) is 0 Å². The van der Waals surface area contributed by atoms with Crippen molar-refractivity contribution in [3.8, 4) is 6.07 Å². The van der Waals surface area contributed by atoms with Crippen molar-refractivity contribution in [2.75, 3.05) is 5.43 Å². The Kier molecular flexibility index (Phi) is 5.45. The third kappa shape index (κ3) is 3.61. The summed E-state index contributed by atoms with van der Waals surface area (Å²) in [6.07, 6.45) is 5.15. The van der Waals surface area contributed by atoms with Crippen LogP contribution in [0.5, 0.6) is 0 Å². The zero-order valence-electron chi connectivity index (χ0n) is 16.7. The molecule has 0 saturated carbocycles. The Morgan fingerprint density at radius 2 is 1.30 bits per heavy atom. The second-order valence-electron chi connectivity index (χ2n) is 7.04. The summed E-state index contributed by atoms with van der Waals surface area (Å²) in [4.78, 5) is 1.75. The van der Waals surface area contributed by atoms with Crippen LogP contribution in [-0.2, 0) is 5.54 Å². The first-order chi connectivity index (χ1) is 14.7. The highest BCUT2D eigenvalue weighted by molar-refractivity contribution is 5.55. The van der Waals surface area contributed by atoms with E-state index in [0.717, 1.165) is 27.9 Å². The average Bonchev–Trinajstić information content (AvgIpc) is 3.16. The van der Waals surface area contributed by atoms with E-state index in [1.807, 2.05) is 73.8 Å². The van der Waals surface area contributed by atoms with Gasteiger partial charge >= 0.3 is 0 Å². The molecule has 4 nitrogen and oxygen atoms in total. The maximum atomic E-state index is 8.88. The number of aromatic nitrogens is 2. The Balaban J connectivity index is 1.94. The van der Waals surface area contributed by atoms with E-state index in [-0.39, 0.29) is 0 Å². The van der Waals surface area contributed by atoms with Crippen molar-refractivity contribution in [2.45, 2.75) is 12.5 Å². The molecule has 0 aliphatic rings. The minimum Gasteiger partial charge on any atom is -0.290 e. The Bertz CT molecular complexity index is 1070. The minimum atomic E-state index is -0.654. The number of benzene rings is 3. The van der Waals surface area contributed by atoms with Crippen LogP contribution in [0.3, 0.4) is 0 Å². The first-order valence-corrected chi connectivity index (χ1v) is 9.81. The zero-order valence-corrected chi connectivity index (χ0v) is 16.7. The molecule has 1 N–H and O–H groups in total. The minimum absolute atomic E-state index is 0.654. The lowest BCUT2D eigenvalue weighted by atomic mass is 9.77. The van der Waals surface area contributed by atoms with Crippen LogP contribution >= 0.6 is 0 Å². The fraction of sp³-hybridized carbons (Fsp3) is 0.0769. The lowest BCUT2D eigenvalue weighted by Crippen LogP contribution is -2.43. The van der Waals surface area contributed by atoms with Crippen molar-refractivity contribution >= 4 is 6.08 Å². The fourth-order valence-electron chi connectivity index (χ4n) is 3.75. The van der Waals surface area contributed by atoms with E-state index in [9.17, 15) is 0 Å². The number of aryl methyl sites for hydroxylation is 1. The first-order valence-electron chi connectivity index (χ1n) is 9.81. The second-order valence-corrected chi connectivity index (χ2v) is 7.04. The molecule has 3 aromatic carbocycles. The summed E-state index contributed by atoms with van der Waals surface area (Å²) in [5, 5.41) is 13.5. The van der Waals surface area contributed by atoms with Gasteiger partial charge in [0.1, 0.15) is 5.54 Å². The van der Waals surface area contributed by atoms with Crippen molar-refractivity contribution in [1.82, 2.24) is 9.89 Å². The van der Waals surface area contributed by atoms with E-state index in [4.69, 9.17) is 5.26 Å². The third-order valence-corrected chi connectivity index (χ3v) is 5.18. The van der Waals surface area contributed by atoms with Crippen LogP contribution < -0.4 is 5.43 Å². The molecule has 0 amide bonds. The summed E-state index contributed by atoms with van der Waals surface area (Å²) in [6.45, 7) is 1.93. The molecule has 0 spiro atoms. The van der Waals surface area contributed by atoms with E-state index in [2.05, 4.69) is 46.9 Å². The lowest BCUT2D eigenvalue weighted by molar-refractivity contribution is 0.571. The quantitative estimate of drug-likeness (QED) is 0.361. The molecular weight excluding hydrogens is 368 g/mol. The number of nitriles is 1. The molecular formula is C26H22N4. The maximum Gasteiger partial charge on any atom is 0.130 e. The number of hydrogen-bond donors (Lipinski definition) is 1. The van der Waals surface area contributed by atoms with Crippen LogP contribution in [0.15, 0.2) is 103 Å². The molecule has 0 radical (unpaired) electrons. The van der Waals surface area contributed by atoms with Gasteiger partial charge in [-0.3, -0.25) is 5.43 Å². The van der Waals surface area contributed by atoms with Crippen molar-refractivity contribution in [2.24, 2.45) is 0 Å². The van der Waals surface area contributed by atoms with Crippen molar-refractivity contribution in [3.63, 3.8) is 0 Å². The molecule has 0 fully saturated rings.